The first kappa shape index (κ1) is 15.0. The first-order chi connectivity index (χ1) is 9.56. The monoisotopic (exact) mass is 274 g/mol. The van der Waals surface area contributed by atoms with Crippen molar-refractivity contribution in [1.29, 1.82) is 5.41 Å². The summed E-state index contributed by atoms with van der Waals surface area (Å²) in [5, 5.41) is 7.63. The number of hydrogen-bond donors (Lipinski definition) is 2. The summed E-state index contributed by atoms with van der Waals surface area (Å²) < 4.78 is 0. The van der Waals surface area contributed by atoms with Crippen LogP contribution in [0.4, 0.5) is 0 Å². The summed E-state index contributed by atoms with van der Waals surface area (Å²) in [5.74, 6) is 0.984. The summed E-state index contributed by atoms with van der Waals surface area (Å²) in [6.45, 7) is 3.43. The lowest BCUT2D eigenvalue weighted by Gasteiger charge is -2.30. The lowest BCUT2D eigenvalue weighted by Crippen LogP contribution is -2.33. The lowest BCUT2D eigenvalue weighted by molar-refractivity contribution is 0.211. The molecule has 1 heterocycles. The minimum Gasteiger partial charge on any atom is -0.388 e. The molecular weight excluding hydrogens is 248 g/mol. The van der Waals surface area contributed by atoms with E-state index in [-0.39, 0.29) is 11.9 Å². The fourth-order valence-corrected chi connectivity index (χ4v) is 3.12. The number of hydrogen-bond acceptors (Lipinski definition) is 3. The number of nitrogens with zero attached hydrogens (tertiary/aromatic N) is 2. The van der Waals surface area contributed by atoms with Crippen LogP contribution < -0.4 is 5.73 Å². The Kier molecular flexibility index (Phi) is 5.15. The van der Waals surface area contributed by atoms with Crippen LogP contribution in [-0.2, 0) is 0 Å². The minimum atomic E-state index is 0.208. The number of benzene rings is 1. The molecule has 2 unspecified atom stereocenters. The van der Waals surface area contributed by atoms with E-state index in [0.717, 1.165) is 12.5 Å². The molecule has 20 heavy (non-hydrogen) atoms. The van der Waals surface area contributed by atoms with Gasteiger partial charge in [0.05, 0.1) is 5.84 Å². The summed E-state index contributed by atoms with van der Waals surface area (Å²) in [7, 11) is 4.34. The Labute approximate surface area is 122 Å². The van der Waals surface area contributed by atoms with Gasteiger partial charge in [-0.2, -0.15) is 0 Å². The predicted molar refractivity (Wildman–Crippen MR) is 83.9 cm³/mol. The molecule has 3 N–H and O–H groups in total. The van der Waals surface area contributed by atoms with Gasteiger partial charge in [-0.05, 0) is 38.5 Å². The average molecular weight is 274 g/mol. The van der Waals surface area contributed by atoms with Crippen LogP contribution in [0.25, 0.3) is 0 Å². The molecule has 0 radical (unpaired) electrons. The second-order valence-electron chi connectivity index (χ2n) is 6.01. The third-order valence-electron chi connectivity index (χ3n) is 4.16. The van der Waals surface area contributed by atoms with Crippen molar-refractivity contribution in [3.05, 3.63) is 35.9 Å². The summed E-state index contributed by atoms with van der Waals surface area (Å²) in [6, 6.07) is 10.6. The first-order valence-electron chi connectivity index (χ1n) is 7.33. The zero-order chi connectivity index (χ0) is 14.5. The number of nitrogens with two attached hydrogens (primary N) is 1. The van der Waals surface area contributed by atoms with Gasteiger partial charge in [0.15, 0.2) is 0 Å². The van der Waals surface area contributed by atoms with Gasteiger partial charge in [0.25, 0.3) is 0 Å². The van der Waals surface area contributed by atoms with Crippen LogP contribution in [0.1, 0.15) is 24.4 Å². The minimum absolute atomic E-state index is 0.208. The van der Waals surface area contributed by atoms with Gasteiger partial charge in [0.2, 0.25) is 0 Å². The molecule has 1 aromatic carbocycles. The molecule has 4 nitrogen and oxygen atoms in total. The Hall–Kier alpha value is -1.39. The predicted octanol–water partition coefficient (Wildman–Crippen LogP) is 1.94. The molecule has 1 aliphatic heterocycles. The lowest BCUT2D eigenvalue weighted by atomic mass is 10.00. The van der Waals surface area contributed by atoms with Crippen LogP contribution in [0.2, 0.25) is 0 Å². The molecule has 1 fully saturated rings. The standard InChI is InChI=1S/C16H26N4/c1-19-9-8-13(11-19)12-20(2)15(10-16(17)18)14-6-4-3-5-7-14/h3-7,13,15H,8-12H2,1-2H3,(H3,17,18). The summed E-state index contributed by atoms with van der Waals surface area (Å²) in [5.41, 5.74) is 6.89. The number of nitrogens with one attached hydrogen (secondary N) is 1. The highest BCUT2D eigenvalue weighted by atomic mass is 15.2. The van der Waals surface area contributed by atoms with Crippen molar-refractivity contribution in [2.24, 2.45) is 11.7 Å². The summed E-state index contributed by atoms with van der Waals surface area (Å²) in [4.78, 5) is 4.75. The molecule has 0 amide bonds. The SMILES string of the molecule is CN1CCC(CN(C)C(CC(=N)N)c2ccccc2)C1. The highest BCUT2D eigenvalue weighted by Crippen LogP contribution is 2.25. The third-order valence-corrected chi connectivity index (χ3v) is 4.16. The zero-order valence-electron chi connectivity index (χ0n) is 12.5. The first-order valence-corrected chi connectivity index (χ1v) is 7.33. The van der Waals surface area contributed by atoms with E-state index in [1.165, 1.54) is 25.1 Å². The van der Waals surface area contributed by atoms with Gasteiger partial charge in [0, 0.05) is 25.6 Å². The van der Waals surface area contributed by atoms with Gasteiger partial charge in [0.1, 0.15) is 0 Å². The molecule has 0 aromatic heterocycles. The Morgan fingerprint density at radius 3 is 2.70 bits per heavy atom. The quantitative estimate of drug-likeness (QED) is 0.615. The molecule has 1 aromatic rings. The second kappa shape index (κ2) is 6.86. The molecule has 1 saturated heterocycles. The van der Waals surface area contributed by atoms with Crippen molar-refractivity contribution in [2.45, 2.75) is 18.9 Å². The van der Waals surface area contributed by atoms with Gasteiger partial charge in [-0.1, -0.05) is 30.3 Å². The third kappa shape index (κ3) is 4.05. The van der Waals surface area contributed by atoms with E-state index in [0.29, 0.717) is 6.42 Å². The maximum atomic E-state index is 7.63. The maximum absolute atomic E-state index is 7.63. The Morgan fingerprint density at radius 1 is 1.45 bits per heavy atom. The van der Waals surface area contributed by atoms with E-state index >= 15 is 0 Å². The largest absolute Gasteiger partial charge is 0.388 e. The highest BCUT2D eigenvalue weighted by Gasteiger charge is 2.25. The van der Waals surface area contributed by atoms with Gasteiger partial charge >= 0.3 is 0 Å². The van der Waals surface area contributed by atoms with Crippen molar-refractivity contribution < 1.29 is 0 Å². The molecule has 0 bridgehead atoms. The van der Waals surface area contributed by atoms with E-state index in [1.807, 2.05) is 6.07 Å². The maximum Gasteiger partial charge on any atom is 0.0924 e. The van der Waals surface area contributed by atoms with E-state index in [1.54, 1.807) is 0 Å². The van der Waals surface area contributed by atoms with Crippen LogP contribution in [0.15, 0.2) is 30.3 Å². The summed E-state index contributed by atoms with van der Waals surface area (Å²) in [6.07, 6.45) is 1.87. The van der Waals surface area contributed by atoms with Crippen LogP contribution in [0, 0.1) is 11.3 Å². The smallest absolute Gasteiger partial charge is 0.0924 e. The van der Waals surface area contributed by atoms with Crippen LogP contribution in [0.3, 0.4) is 0 Å². The topological polar surface area (TPSA) is 56.4 Å². The van der Waals surface area contributed by atoms with Crippen molar-refractivity contribution in [3.63, 3.8) is 0 Å². The Bertz CT molecular complexity index is 431. The fraction of sp³-hybridized carbons (Fsp3) is 0.562. The molecule has 4 heteroatoms. The number of rotatable bonds is 6. The Morgan fingerprint density at radius 2 is 2.15 bits per heavy atom. The number of amidine groups is 1. The molecule has 0 saturated carbocycles. The van der Waals surface area contributed by atoms with Crippen LogP contribution in [0.5, 0.6) is 0 Å². The second-order valence-corrected chi connectivity index (χ2v) is 6.01. The van der Waals surface area contributed by atoms with Crippen LogP contribution >= 0.6 is 0 Å². The molecule has 110 valence electrons. The van der Waals surface area contributed by atoms with E-state index in [9.17, 15) is 0 Å². The van der Waals surface area contributed by atoms with Gasteiger partial charge < -0.3 is 10.6 Å². The van der Waals surface area contributed by atoms with Crippen molar-refractivity contribution >= 4 is 5.84 Å². The molecule has 1 aliphatic rings. The van der Waals surface area contributed by atoms with E-state index in [4.69, 9.17) is 11.1 Å². The molecule has 0 aliphatic carbocycles. The molecule has 2 atom stereocenters. The number of likely N-dealkylation sites (tertiary alicyclic amines) is 1. The molecular formula is C16H26N4. The van der Waals surface area contributed by atoms with E-state index < -0.39 is 0 Å². The highest BCUT2D eigenvalue weighted by molar-refractivity contribution is 5.77. The fourth-order valence-electron chi connectivity index (χ4n) is 3.12. The van der Waals surface area contributed by atoms with Crippen molar-refractivity contribution in [2.75, 3.05) is 33.7 Å². The Balaban J connectivity index is 2.04. The van der Waals surface area contributed by atoms with Gasteiger partial charge in [-0.3, -0.25) is 10.3 Å². The summed E-state index contributed by atoms with van der Waals surface area (Å²) >= 11 is 0. The normalized spacial score (nSPS) is 21.2. The van der Waals surface area contributed by atoms with Gasteiger partial charge in [-0.15, -0.1) is 0 Å². The molecule has 0 spiro atoms. The van der Waals surface area contributed by atoms with Crippen molar-refractivity contribution in [1.82, 2.24) is 9.80 Å². The average Bonchev–Trinajstić information content (AvgIpc) is 2.82. The van der Waals surface area contributed by atoms with Gasteiger partial charge in [-0.25, -0.2) is 0 Å². The zero-order valence-corrected chi connectivity index (χ0v) is 12.5. The van der Waals surface area contributed by atoms with Crippen LogP contribution in [-0.4, -0.2) is 49.4 Å². The van der Waals surface area contributed by atoms with E-state index in [2.05, 4.69) is 48.2 Å². The molecule has 2 rings (SSSR count). The van der Waals surface area contributed by atoms with Crippen molar-refractivity contribution in [3.8, 4) is 0 Å².